The van der Waals surface area contributed by atoms with Gasteiger partial charge in [0.1, 0.15) is 0 Å². The topological polar surface area (TPSA) is 40.5 Å². The maximum Gasteiger partial charge on any atom is 0.0628 e. The molecule has 0 unspecified atom stereocenters. The van der Waals surface area contributed by atoms with Gasteiger partial charge in [-0.3, -0.25) is 0 Å². The van der Waals surface area contributed by atoms with Crippen LogP contribution in [0, 0.1) is 45.3 Å². The van der Waals surface area contributed by atoms with Gasteiger partial charge in [-0.25, -0.2) is 0 Å². The van der Waals surface area contributed by atoms with Crippen molar-refractivity contribution in [2.45, 2.75) is 112 Å². The van der Waals surface area contributed by atoms with Crippen LogP contribution in [0.1, 0.15) is 106 Å². The van der Waals surface area contributed by atoms with E-state index in [0.29, 0.717) is 29.3 Å². The Morgan fingerprint density at radius 2 is 1.78 bits per heavy atom. The molecule has 2 nitrogen and oxygen atoms in total. The van der Waals surface area contributed by atoms with Crippen LogP contribution in [0.15, 0.2) is 23.3 Å². The highest BCUT2D eigenvalue weighted by Crippen LogP contribution is 2.74. The van der Waals surface area contributed by atoms with Crippen LogP contribution >= 0.6 is 0 Å². The van der Waals surface area contributed by atoms with Crippen molar-refractivity contribution in [1.82, 2.24) is 0 Å². The molecule has 0 spiro atoms. The molecule has 2 N–H and O–H groups in total. The van der Waals surface area contributed by atoms with Crippen LogP contribution in [-0.2, 0) is 0 Å². The summed E-state index contributed by atoms with van der Waals surface area (Å²) in [5.74, 6) is 2.57. The molecule has 0 bridgehead atoms. The van der Waals surface area contributed by atoms with Crippen molar-refractivity contribution in [3.8, 4) is 0 Å². The lowest BCUT2D eigenvalue weighted by Gasteiger charge is -2.66. The van der Waals surface area contributed by atoms with E-state index < -0.39 is 0 Å². The summed E-state index contributed by atoms with van der Waals surface area (Å²) in [6.45, 7) is 16.9. The third-order valence-electron chi connectivity index (χ3n) is 11.8. The molecule has 0 saturated heterocycles. The second-order valence-corrected chi connectivity index (χ2v) is 13.5. The van der Waals surface area contributed by atoms with Crippen molar-refractivity contribution in [2.75, 3.05) is 6.61 Å². The summed E-state index contributed by atoms with van der Waals surface area (Å²) in [5, 5.41) is 21.8. The quantitative estimate of drug-likeness (QED) is 0.438. The number of rotatable bonds is 5. The minimum atomic E-state index is -0.251. The minimum Gasteiger partial charge on any atom is -0.396 e. The Morgan fingerprint density at radius 1 is 1.06 bits per heavy atom. The van der Waals surface area contributed by atoms with Gasteiger partial charge in [-0.1, -0.05) is 57.9 Å². The molecule has 0 aromatic rings. The maximum absolute atomic E-state index is 11.0. The first kappa shape index (κ1) is 24.5. The smallest absolute Gasteiger partial charge is 0.0628 e. The Hall–Kier alpha value is -0.600. The summed E-state index contributed by atoms with van der Waals surface area (Å²) in [5.41, 5.74) is 3.42. The van der Waals surface area contributed by atoms with Crippen LogP contribution in [0.2, 0.25) is 0 Å². The molecule has 3 saturated carbocycles. The molecule has 4 rings (SSSR count). The van der Waals surface area contributed by atoms with E-state index in [1.54, 1.807) is 0 Å². The average Bonchev–Trinajstić information content (AvgIpc) is 3.01. The summed E-state index contributed by atoms with van der Waals surface area (Å²) < 4.78 is 0. The van der Waals surface area contributed by atoms with Crippen LogP contribution in [0.25, 0.3) is 0 Å². The van der Waals surface area contributed by atoms with Gasteiger partial charge in [-0.15, -0.1) is 0 Å². The molecule has 0 aromatic carbocycles. The zero-order chi connectivity index (χ0) is 23.5. The van der Waals surface area contributed by atoms with Crippen LogP contribution in [0.5, 0.6) is 0 Å². The monoisotopic (exact) mass is 442 g/mol. The van der Waals surface area contributed by atoms with Gasteiger partial charge in [0, 0.05) is 17.4 Å². The number of hydrogen-bond donors (Lipinski definition) is 2. The largest absolute Gasteiger partial charge is 0.396 e. The fourth-order valence-electron chi connectivity index (χ4n) is 9.52. The summed E-state index contributed by atoms with van der Waals surface area (Å²) in [6.07, 6.45) is 15.3. The molecule has 0 radical (unpaired) electrons. The fourth-order valence-corrected chi connectivity index (χ4v) is 9.52. The second-order valence-electron chi connectivity index (χ2n) is 13.5. The first-order valence-corrected chi connectivity index (χ1v) is 13.6. The molecule has 4 aliphatic carbocycles. The lowest BCUT2D eigenvalue weighted by atomic mass is 9.38. The van der Waals surface area contributed by atoms with E-state index in [4.69, 9.17) is 0 Å². The summed E-state index contributed by atoms with van der Waals surface area (Å²) in [6, 6.07) is 0. The highest BCUT2D eigenvalue weighted by molar-refractivity contribution is 5.31. The van der Waals surface area contributed by atoms with E-state index in [0.717, 1.165) is 37.5 Å². The highest BCUT2D eigenvalue weighted by Gasteiger charge is 2.68. The van der Waals surface area contributed by atoms with E-state index in [1.807, 2.05) is 0 Å². The predicted octanol–water partition coefficient (Wildman–Crippen LogP) is 7.31. The van der Waals surface area contributed by atoms with Crippen LogP contribution in [0.3, 0.4) is 0 Å². The molecule has 2 heteroatoms. The van der Waals surface area contributed by atoms with Crippen molar-refractivity contribution in [3.63, 3.8) is 0 Å². The van der Waals surface area contributed by atoms with Gasteiger partial charge in [-0.05, 0) is 106 Å². The van der Waals surface area contributed by atoms with Gasteiger partial charge in [0.05, 0.1) is 6.10 Å². The maximum atomic E-state index is 11.0. The fraction of sp³-hybridized carbons (Fsp3) is 0.867. The zero-order valence-electron chi connectivity index (χ0n) is 22.0. The molecular formula is C30H50O2. The van der Waals surface area contributed by atoms with Gasteiger partial charge in [0.15, 0.2) is 0 Å². The van der Waals surface area contributed by atoms with Gasteiger partial charge in [0.2, 0.25) is 0 Å². The minimum absolute atomic E-state index is 0.00986. The molecule has 8 atom stereocenters. The normalized spacial score (nSPS) is 45.8. The summed E-state index contributed by atoms with van der Waals surface area (Å²) in [7, 11) is 0. The van der Waals surface area contributed by atoms with E-state index in [-0.39, 0.29) is 16.9 Å². The van der Waals surface area contributed by atoms with E-state index >= 15 is 0 Å². The van der Waals surface area contributed by atoms with E-state index in [9.17, 15) is 10.2 Å². The Labute approximate surface area is 198 Å². The molecule has 32 heavy (non-hydrogen) atoms. The molecule has 0 amide bonds. The van der Waals surface area contributed by atoms with Gasteiger partial charge in [0.25, 0.3) is 0 Å². The number of aliphatic hydroxyl groups is 2. The lowest BCUT2D eigenvalue weighted by molar-refractivity contribution is -0.168. The van der Waals surface area contributed by atoms with Crippen molar-refractivity contribution < 1.29 is 10.2 Å². The summed E-state index contributed by atoms with van der Waals surface area (Å²) >= 11 is 0. The number of hydrogen-bond acceptors (Lipinski definition) is 2. The van der Waals surface area contributed by atoms with Crippen LogP contribution in [-0.4, -0.2) is 22.9 Å². The van der Waals surface area contributed by atoms with Crippen molar-refractivity contribution in [3.05, 3.63) is 23.3 Å². The van der Waals surface area contributed by atoms with Crippen molar-refractivity contribution in [2.24, 2.45) is 45.3 Å². The molecule has 182 valence electrons. The van der Waals surface area contributed by atoms with Gasteiger partial charge in [-0.2, -0.15) is 0 Å². The number of aliphatic hydroxyl groups excluding tert-OH is 2. The van der Waals surface area contributed by atoms with E-state index in [1.165, 1.54) is 43.3 Å². The standard InChI is InChI=1S/C30H50O2/c1-20(2)9-8-10-21(3)22-15-16-29(7)25-13-11-23-24(12-14-26(32)27(23,4)5)30(25,19-31)18-17-28(22,29)6/h9,11,21-22,24-26,31-32H,8,10,12-19H2,1-7H3/t21-,22-,24-,25+,26+,28-,29+,30-/m1/s1. The average molecular weight is 443 g/mol. The third-order valence-corrected chi connectivity index (χ3v) is 11.8. The Balaban J connectivity index is 1.66. The first-order chi connectivity index (χ1) is 14.9. The zero-order valence-corrected chi connectivity index (χ0v) is 22.0. The molecule has 0 heterocycles. The third kappa shape index (κ3) is 3.33. The summed E-state index contributed by atoms with van der Waals surface area (Å²) in [4.78, 5) is 0. The Kier molecular flexibility index (Phi) is 6.33. The van der Waals surface area contributed by atoms with Crippen LogP contribution < -0.4 is 0 Å². The molecule has 4 aliphatic rings. The Bertz CT molecular complexity index is 774. The SMILES string of the molecule is CC(C)=CCC[C@@H](C)[C@H]1CC[C@@]2(C)[C@@H]3CC=C4[C@@H](CC[C@H](O)C4(C)C)[C@]3(CO)CC[C@]12C. The molecule has 0 aliphatic heterocycles. The van der Waals surface area contributed by atoms with Crippen LogP contribution in [0.4, 0.5) is 0 Å². The van der Waals surface area contributed by atoms with Crippen molar-refractivity contribution >= 4 is 0 Å². The highest BCUT2D eigenvalue weighted by atomic mass is 16.3. The van der Waals surface area contributed by atoms with Gasteiger partial charge < -0.3 is 10.2 Å². The number of fused-ring (bicyclic) bond motifs is 5. The molecular weight excluding hydrogens is 392 g/mol. The van der Waals surface area contributed by atoms with E-state index in [2.05, 4.69) is 60.6 Å². The second kappa shape index (κ2) is 8.26. The van der Waals surface area contributed by atoms with Crippen molar-refractivity contribution in [1.29, 1.82) is 0 Å². The lowest BCUT2D eigenvalue weighted by Crippen LogP contribution is -2.61. The Morgan fingerprint density at radius 3 is 2.44 bits per heavy atom. The number of allylic oxidation sites excluding steroid dienone is 3. The first-order valence-electron chi connectivity index (χ1n) is 13.6. The predicted molar refractivity (Wildman–Crippen MR) is 134 cm³/mol. The van der Waals surface area contributed by atoms with Gasteiger partial charge >= 0.3 is 0 Å². The molecule has 3 fully saturated rings. The molecule has 0 aromatic heterocycles.